The molecule has 0 saturated heterocycles. The van der Waals surface area contributed by atoms with Crippen molar-refractivity contribution in [3.63, 3.8) is 0 Å². The Balaban J connectivity index is 2.07. The summed E-state index contributed by atoms with van der Waals surface area (Å²) < 4.78 is 12.8. The number of methoxy groups -OCH3 is 1. The molecular weight excluding hydrogens is 406 g/mol. The van der Waals surface area contributed by atoms with Crippen molar-refractivity contribution in [1.29, 1.82) is 0 Å². The van der Waals surface area contributed by atoms with E-state index in [-0.39, 0.29) is 5.69 Å². The first-order valence-corrected chi connectivity index (χ1v) is 13.6. The van der Waals surface area contributed by atoms with Gasteiger partial charge in [0.1, 0.15) is 11.9 Å². The maximum absolute atomic E-state index is 12.3. The number of hydrogen-bond acceptors (Lipinski definition) is 5. The van der Waals surface area contributed by atoms with Gasteiger partial charge >= 0.3 is 5.97 Å². The number of halogens is 1. The van der Waals surface area contributed by atoms with Crippen LogP contribution in [0.3, 0.4) is 0 Å². The zero-order chi connectivity index (χ0) is 21.2. The normalized spacial score (nSPS) is 11.8. The number of carbonyl (C=O) groups is 1. The van der Waals surface area contributed by atoms with E-state index in [1.54, 1.807) is 12.4 Å². The predicted octanol–water partition coefficient (Wildman–Crippen LogP) is 5.16. The van der Waals surface area contributed by atoms with Crippen molar-refractivity contribution in [3.8, 4) is 11.1 Å². The summed E-state index contributed by atoms with van der Waals surface area (Å²) in [4.78, 5) is 20.8. The van der Waals surface area contributed by atoms with Gasteiger partial charge in [0.15, 0.2) is 5.69 Å². The van der Waals surface area contributed by atoms with Crippen LogP contribution in [0.1, 0.15) is 16.1 Å². The van der Waals surface area contributed by atoms with Gasteiger partial charge in [-0.25, -0.2) is 14.8 Å². The molecule has 3 rings (SSSR count). The van der Waals surface area contributed by atoms with Crippen molar-refractivity contribution in [2.75, 3.05) is 13.7 Å². The molecule has 0 N–H and O–H groups in total. The van der Waals surface area contributed by atoms with Crippen molar-refractivity contribution in [2.24, 2.45) is 0 Å². The number of fused-ring (bicyclic) bond motifs is 1. The first-order chi connectivity index (χ1) is 13.7. The summed E-state index contributed by atoms with van der Waals surface area (Å²) >= 11 is 6.03. The highest BCUT2D eigenvalue weighted by Crippen LogP contribution is 2.34. The highest BCUT2D eigenvalue weighted by atomic mass is 35.5. The molecule has 0 saturated carbocycles. The Kier molecular flexibility index (Phi) is 6.41. The lowest BCUT2D eigenvalue weighted by atomic mass is 10.0. The van der Waals surface area contributed by atoms with Gasteiger partial charge in [0.05, 0.1) is 12.6 Å². The number of pyridine rings is 2. The Hall–Kier alpha value is -2.22. The molecule has 0 bridgehead atoms. The summed E-state index contributed by atoms with van der Waals surface area (Å²) in [5.74, 6) is -0.477. The van der Waals surface area contributed by atoms with Crippen LogP contribution in [0.25, 0.3) is 22.0 Å². The Morgan fingerprint density at radius 1 is 1.24 bits per heavy atom. The number of hydrogen-bond donors (Lipinski definition) is 0. The number of rotatable bonds is 7. The van der Waals surface area contributed by atoms with Crippen LogP contribution in [-0.4, -0.2) is 42.3 Å². The third-order valence-corrected chi connectivity index (χ3v) is 6.67. The summed E-state index contributed by atoms with van der Waals surface area (Å²) in [5, 5.41) is 1.34. The standard InChI is InChI=1S/C21H26ClN3O3Si/c1-14-10-18(22)24-11-16(14)17-12-25(13-28-8-9-29(3,4)5)20-15(17)6-7-23-19(20)21(26)27-2/h6-7,10-12H,8-9,13H2,1-5H3. The average Bonchev–Trinajstić information content (AvgIpc) is 3.02. The second-order valence-corrected chi connectivity index (χ2v) is 14.2. The van der Waals surface area contributed by atoms with E-state index < -0.39 is 14.0 Å². The molecule has 3 aromatic rings. The van der Waals surface area contributed by atoms with Gasteiger partial charge in [-0.1, -0.05) is 31.2 Å². The Labute approximate surface area is 176 Å². The van der Waals surface area contributed by atoms with E-state index in [0.29, 0.717) is 24.0 Å². The van der Waals surface area contributed by atoms with E-state index in [1.165, 1.54) is 7.11 Å². The number of ether oxygens (including phenoxy) is 2. The second kappa shape index (κ2) is 8.65. The maximum Gasteiger partial charge on any atom is 0.358 e. The number of aryl methyl sites for hydroxylation is 1. The summed E-state index contributed by atoms with van der Waals surface area (Å²) in [6, 6.07) is 4.79. The van der Waals surface area contributed by atoms with Gasteiger partial charge in [-0.05, 0) is 30.7 Å². The van der Waals surface area contributed by atoms with E-state index in [2.05, 4.69) is 29.6 Å². The van der Waals surface area contributed by atoms with E-state index in [9.17, 15) is 4.79 Å². The molecule has 0 amide bonds. The quantitative estimate of drug-likeness (QED) is 0.224. The Morgan fingerprint density at radius 3 is 2.66 bits per heavy atom. The monoisotopic (exact) mass is 431 g/mol. The Morgan fingerprint density at radius 2 is 2.00 bits per heavy atom. The maximum atomic E-state index is 12.3. The van der Waals surface area contributed by atoms with E-state index >= 15 is 0 Å². The molecule has 0 radical (unpaired) electrons. The van der Waals surface area contributed by atoms with Gasteiger partial charge in [0.2, 0.25) is 0 Å². The molecule has 8 heteroatoms. The van der Waals surface area contributed by atoms with Crippen LogP contribution < -0.4 is 0 Å². The smallest absolute Gasteiger partial charge is 0.358 e. The fourth-order valence-corrected chi connectivity index (χ4v) is 4.13. The van der Waals surface area contributed by atoms with Gasteiger partial charge in [-0.3, -0.25) is 0 Å². The highest BCUT2D eigenvalue weighted by Gasteiger charge is 2.21. The lowest BCUT2D eigenvalue weighted by Crippen LogP contribution is -2.22. The molecule has 6 nitrogen and oxygen atoms in total. The molecule has 0 spiro atoms. The molecule has 0 fully saturated rings. The van der Waals surface area contributed by atoms with Gasteiger partial charge in [0.25, 0.3) is 0 Å². The minimum Gasteiger partial charge on any atom is -0.464 e. The summed E-state index contributed by atoms with van der Waals surface area (Å²) in [7, 11) is 0.170. The molecule has 3 aromatic heterocycles. The summed E-state index contributed by atoms with van der Waals surface area (Å²) in [6.07, 6.45) is 5.35. The van der Waals surface area contributed by atoms with Crippen molar-refractivity contribution >= 4 is 36.5 Å². The summed E-state index contributed by atoms with van der Waals surface area (Å²) in [5.41, 5.74) is 3.85. The Bertz CT molecular complexity index is 1040. The average molecular weight is 432 g/mol. The molecule has 3 heterocycles. The fourth-order valence-electron chi connectivity index (χ4n) is 3.16. The van der Waals surface area contributed by atoms with Gasteiger partial charge < -0.3 is 14.0 Å². The minimum absolute atomic E-state index is 0.268. The van der Waals surface area contributed by atoms with Crippen LogP contribution in [0.4, 0.5) is 0 Å². The van der Waals surface area contributed by atoms with E-state index in [4.69, 9.17) is 21.1 Å². The highest BCUT2D eigenvalue weighted by molar-refractivity contribution is 6.76. The molecule has 0 atom stereocenters. The molecule has 0 aromatic carbocycles. The second-order valence-electron chi connectivity index (χ2n) is 8.23. The number of carbonyl (C=O) groups excluding carboxylic acids is 1. The molecule has 29 heavy (non-hydrogen) atoms. The van der Waals surface area contributed by atoms with Crippen molar-refractivity contribution in [2.45, 2.75) is 39.3 Å². The van der Waals surface area contributed by atoms with Crippen LogP contribution in [0.5, 0.6) is 0 Å². The van der Waals surface area contributed by atoms with Gasteiger partial charge in [-0.15, -0.1) is 0 Å². The minimum atomic E-state index is -1.19. The lowest BCUT2D eigenvalue weighted by molar-refractivity contribution is 0.0594. The molecule has 0 aliphatic rings. The molecule has 0 unspecified atom stereocenters. The lowest BCUT2D eigenvalue weighted by Gasteiger charge is -2.16. The zero-order valence-electron chi connectivity index (χ0n) is 17.5. The SMILES string of the molecule is COC(=O)c1nccc2c(-c3cnc(Cl)cc3C)cn(COCC[Si](C)(C)C)c12. The van der Waals surface area contributed by atoms with E-state index in [1.807, 2.05) is 29.8 Å². The van der Waals surface area contributed by atoms with Crippen LogP contribution in [0, 0.1) is 6.92 Å². The van der Waals surface area contributed by atoms with Gasteiger partial charge in [0, 0.05) is 49.8 Å². The topological polar surface area (TPSA) is 66.2 Å². The first kappa shape index (κ1) is 21.5. The number of esters is 1. The van der Waals surface area contributed by atoms with Crippen molar-refractivity contribution < 1.29 is 14.3 Å². The van der Waals surface area contributed by atoms with Crippen LogP contribution in [0.15, 0.2) is 30.7 Å². The number of aromatic nitrogens is 3. The molecular formula is C21H26ClN3O3Si. The molecule has 154 valence electrons. The van der Waals surface area contributed by atoms with Gasteiger partial charge in [-0.2, -0.15) is 0 Å². The van der Waals surface area contributed by atoms with Crippen LogP contribution in [-0.2, 0) is 16.2 Å². The zero-order valence-corrected chi connectivity index (χ0v) is 19.2. The number of nitrogens with zero attached hydrogens (tertiary/aromatic N) is 3. The first-order valence-electron chi connectivity index (χ1n) is 9.47. The third kappa shape index (κ3) is 4.86. The fraction of sp³-hybridized carbons (Fsp3) is 0.381. The van der Waals surface area contributed by atoms with Crippen molar-refractivity contribution in [3.05, 3.63) is 47.1 Å². The van der Waals surface area contributed by atoms with Crippen LogP contribution >= 0.6 is 11.6 Å². The van der Waals surface area contributed by atoms with Crippen molar-refractivity contribution in [1.82, 2.24) is 14.5 Å². The van der Waals surface area contributed by atoms with Crippen LogP contribution in [0.2, 0.25) is 30.8 Å². The summed E-state index contributed by atoms with van der Waals surface area (Å²) in [6.45, 7) is 9.94. The molecule has 0 aliphatic heterocycles. The van der Waals surface area contributed by atoms with E-state index in [0.717, 1.165) is 28.1 Å². The largest absolute Gasteiger partial charge is 0.464 e. The third-order valence-electron chi connectivity index (χ3n) is 4.76. The predicted molar refractivity (Wildman–Crippen MR) is 118 cm³/mol. The molecule has 0 aliphatic carbocycles.